The SMILES string of the molecule is CC(C)NCCOc1ncc(-c2cc3c4c(cnc3cc2F)N(C)C(=O)C42CC(C)(C)C2)cc1NS(C)(=O)=O. The van der Waals surface area contributed by atoms with Crippen molar-refractivity contribution in [1.29, 1.82) is 0 Å². The van der Waals surface area contributed by atoms with E-state index in [-0.39, 0.29) is 41.1 Å². The van der Waals surface area contributed by atoms with Crippen molar-refractivity contribution in [3.63, 3.8) is 0 Å². The van der Waals surface area contributed by atoms with Crippen molar-refractivity contribution in [1.82, 2.24) is 15.3 Å². The molecular weight excluding hydrogens is 521 g/mol. The maximum atomic E-state index is 15.5. The van der Waals surface area contributed by atoms with Gasteiger partial charge in [-0.3, -0.25) is 14.5 Å². The third-order valence-corrected chi connectivity index (χ3v) is 7.99. The lowest BCUT2D eigenvalue weighted by Crippen LogP contribution is -2.52. The van der Waals surface area contributed by atoms with Crippen LogP contribution < -0.4 is 19.7 Å². The van der Waals surface area contributed by atoms with Crippen molar-refractivity contribution in [2.45, 2.75) is 52.0 Å². The Labute approximate surface area is 228 Å². The summed E-state index contributed by atoms with van der Waals surface area (Å²) < 4.78 is 47.8. The first-order valence-corrected chi connectivity index (χ1v) is 14.9. The highest BCUT2D eigenvalue weighted by molar-refractivity contribution is 7.92. The molecule has 1 spiro atoms. The van der Waals surface area contributed by atoms with Crippen LogP contribution in [0.3, 0.4) is 0 Å². The fourth-order valence-electron chi connectivity index (χ4n) is 6.11. The van der Waals surface area contributed by atoms with E-state index in [0.29, 0.717) is 35.9 Å². The summed E-state index contributed by atoms with van der Waals surface area (Å²) in [5.41, 5.74) is 2.14. The van der Waals surface area contributed by atoms with Crippen molar-refractivity contribution in [2.24, 2.45) is 5.41 Å². The second-order valence-corrected chi connectivity index (χ2v) is 13.5. The number of halogens is 1. The summed E-state index contributed by atoms with van der Waals surface area (Å²) in [4.78, 5) is 23.8. The maximum absolute atomic E-state index is 15.5. The molecule has 1 aliphatic heterocycles. The van der Waals surface area contributed by atoms with Gasteiger partial charge in [-0.2, -0.15) is 0 Å². The third-order valence-electron chi connectivity index (χ3n) is 7.40. The Morgan fingerprint density at radius 2 is 1.87 bits per heavy atom. The number of ether oxygens (including phenoxy) is 1. The van der Waals surface area contributed by atoms with Crippen molar-refractivity contribution in [3.05, 3.63) is 42.0 Å². The lowest BCUT2D eigenvalue weighted by atomic mass is 9.52. The molecule has 39 heavy (non-hydrogen) atoms. The average molecular weight is 556 g/mol. The Hall–Kier alpha value is -3.31. The fraction of sp³-hybridized carbons (Fsp3) is 0.464. The molecule has 208 valence electrons. The van der Waals surface area contributed by atoms with Crippen molar-refractivity contribution < 1.29 is 22.3 Å². The first kappa shape index (κ1) is 27.3. The number of fused-ring (bicyclic) bond motifs is 4. The molecule has 1 aliphatic carbocycles. The molecular formula is C28H34FN5O4S. The zero-order valence-electron chi connectivity index (χ0n) is 23.1. The molecule has 0 bridgehead atoms. The van der Waals surface area contributed by atoms with Gasteiger partial charge in [0.25, 0.3) is 0 Å². The van der Waals surface area contributed by atoms with E-state index in [4.69, 9.17) is 4.74 Å². The van der Waals surface area contributed by atoms with Gasteiger partial charge in [-0.1, -0.05) is 27.7 Å². The second kappa shape index (κ2) is 9.41. The number of carbonyl (C=O) groups excluding carboxylic acids is 1. The molecule has 2 aliphatic rings. The van der Waals surface area contributed by atoms with Crippen molar-refractivity contribution >= 4 is 38.2 Å². The molecule has 5 rings (SSSR count). The van der Waals surface area contributed by atoms with E-state index in [1.54, 1.807) is 24.2 Å². The van der Waals surface area contributed by atoms with Gasteiger partial charge in [-0.25, -0.2) is 17.8 Å². The molecule has 0 unspecified atom stereocenters. The van der Waals surface area contributed by atoms with Gasteiger partial charge in [-0.15, -0.1) is 0 Å². The molecule has 1 fully saturated rings. The minimum Gasteiger partial charge on any atom is -0.475 e. The maximum Gasteiger partial charge on any atom is 0.238 e. The molecule has 2 aromatic heterocycles. The number of pyridine rings is 2. The Morgan fingerprint density at radius 3 is 2.51 bits per heavy atom. The quantitative estimate of drug-likeness (QED) is 0.400. The second-order valence-electron chi connectivity index (χ2n) is 11.7. The normalized spacial score (nSPS) is 17.5. The Balaban J connectivity index is 1.60. The first-order chi connectivity index (χ1) is 18.2. The molecule has 0 saturated heterocycles. The Kier molecular flexibility index (Phi) is 6.58. The highest BCUT2D eigenvalue weighted by atomic mass is 32.2. The van der Waals surface area contributed by atoms with Crippen LogP contribution >= 0.6 is 0 Å². The average Bonchev–Trinajstić information content (AvgIpc) is 3.02. The smallest absolute Gasteiger partial charge is 0.238 e. The summed E-state index contributed by atoms with van der Waals surface area (Å²) in [6.07, 6.45) is 5.53. The van der Waals surface area contributed by atoms with Crippen molar-refractivity contribution in [2.75, 3.05) is 36.1 Å². The van der Waals surface area contributed by atoms with Gasteiger partial charge in [0.2, 0.25) is 21.8 Å². The molecule has 3 heterocycles. The number of sulfonamides is 1. The van der Waals surface area contributed by atoms with Gasteiger partial charge < -0.3 is 15.0 Å². The zero-order valence-corrected chi connectivity index (χ0v) is 23.9. The van der Waals surface area contributed by atoms with Crippen LogP contribution in [0.15, 0.2) is 30.6 Å². The van der Waals surface area contributed by atoms with Gasteiger partial charge in [0, 0.05) is 54.0 Å². The minimum atomic E-state index is -3.66. The number of nitrogens with one attached hydrogen (secondary N) is 2. The molecule has 9 nitrogen and oxygen atoms in total. The largest absolute Gasteiger partial charge is 0.475 e. The van der Waals surface area contributed by atoms with Crippen LogP contribution in [0.25, 0.3) is 22.0 Å². The Morgan fingerprint density at radius 1 is 1.15 bits per heavy atom. The molecule has 3 aromatic rings. The molecule has 2 N–H and O–H groups in total. The van der Waals surface area contributed by atoms with E-state index in [0.717, 1.165) is 17.5 Å². The predicted octanol–water partition coefficient (Wildman–Crippen LogP) is 4.22. The number of aromatic nitrogens is 2. The topological polar surface area (TPSA) is 114 Å². The molecule has 0 radical (unpaired) electrons. The lowest BCUT2D eigenvalue weighted by Gasteiger charge is -2.50. The first-order valence-electron chi connectivity index (χ1n) is 13.0. The third kappa shape index (κ3) is 4.93. The van der Waals surface area contributed by atoms with Crippen LogP contribution in [0.5, 0.6) is 5.88 Å². The number of hydrogen-bond donors (Lipinski definition) is 2. The number of likely N-dealkylation sites (N-methyl/N-ethyl adjacent to an activating group) is 1. The van der Waals surface area contributed by atoms with Crippen LogP contribution in [0.4, 0.5) is 15.8 Å². The van der Waals surface area contributed by atoms with Gasteiger partial charge >= 0.3 is 0 Å². The number of benzene rings is 1. The monoisotopic (exact) mass is 555 g/mol. The van der Waals surface area contributed by atoms with Crippen LogP contribution in [0, 0.1) is 11.2 Å². The fourth-order valence-corrected chi connectivity index (χ4v) is 6.66. The number of hydrogen-bond acceptors (Lipinski definition) is 7. The van der Waals surface area contributed by atoms with Crippen LogP contribution in [-0.2, 0) is 20.2 Å². The summed E-state index contributed by atoms with van der Waals surface area (Å²) in [5.74, 6) is -0.398. The number of carbonyl (C=O) groups is 1. The number of amides is 1. The summed E-state index contributed by atoms with van der Waals surface area (Å²) in [6, 6.07) is 4.84. The molecule has 0 atom stereocenters. The number of rotatable bonds is 8. The predicted molar refractivity (Wildman–Crippen MR) is 150 cm³/mol. The van der Waals surface area contributed by atoms with Crippen molar-refractivity contribution in [3.8, 4) is 17.0 Å². The standard InChI is InChI=1S/C28H34FN5O4S/c1-16(2)30-7-8-38-25-22(33-39(6,36)37)9-17(12-32-25)18-10-19-21(11-20(18)29)31-13-23-24(19)28(26(35)34(23)5)14-27(3,4)15-28/h9-13,16,30,33H,7-8,14-15H2,1-6H3. The van der Waals surface area contributed by atoms with Gasteiger partial charge in [-0.05, 0) is 30.4 Å². The summed E-state index contributed by atoms with van der Waals surface area (Å²) in [7, 11) is -1.91. The highest BCUT2D eigenvalue weighted by Gasteiger charge is 2.61. The van der Waals surface area contributed by atoms with E-state index >= 15 is 4.39 Å². The molecule has 11 heteroatoms. The van der Waals surface area contributed by atoms with Crippen LogP contribution in [-0.4, -0.2) is 56.8 Å². The van der Waals surface area contributed by atoms with Gasteiger partial charge in [0.05, 0.1) is 29.1 Å². The van der Waals surface area contributed by atoms with Crippen LogP contribution in [0.2, 0.25) is 0 Å². The molecule has 1 saturated carbocycles. The summed E-state index contributed by atoms with van der Waals surface area (Å²) in [5, 5.41) is 3.92. The van der Waals surface area contributed by atoms with E-state index in [9.17, 15) is 13.2 Å². The summed E-state index contributed by atoms with van der Waals surface area (Å²) >= 11 is 0. The minimum absolute atomic E-state index is 0.0211. The van der Waals surface area contributed by atoms with E-state index in [1.165, 1.54) is 18.3 Å². The number of anilines is 2. The highest BCUT2D eigenvalue weighted by Crippen LogP contribution is 2.62. The van der Waals surface area contributed by atoms with Gasteiger partial charge in [0.1, 0.15) is 18.1 Å². The molecule has 1 amide bonds. The Bertz CT molecular complexity index is 1580. The van der Waals surface area contributed by atoms with E-state index < -0.39 is 21.3 Å². The summed E-state index contributed by atoms with van der Waals surface area (Å²) in [6.45, 7) is 9.11. The van der Waals surface area contributed by atoms with Crippen LogP contribution in [0.1, 0.15) is 46.1 Å². The van der Waals surface area contributed by atoms with E-state index in [1.807, 2.05) is 13.8 Å². The van der Waals surface area contributed by atoms with E-state index in [2.05, 4.69) is 33.9 Å². The molecule has 1 aromatic carbocycles. The lowest BCUT2D eigenvalue weighted by molar-refractivity contribution is -0.130. The zero-order chi connectivity index (χ0) is 28.3. The number of nitrogens with zero attached hydrogens (tertiary/aromatic N) is 3. The van der Waals surface area contributed by atoms with Gasteiger partial charge in [0.15, 0.2) is 0 Å².